The summed E-state index contributed by atoms with van der Waals surface area (Å²) in [4.78, 5) is 12.0. The van der Waals surface area contributed by atoms with Gasteiger partial charge in [0.1, 0.15) is 5.84 Å². The van der Waals surface area contributed by atoms with Crippen molar-refractivity contribution in [2.45, 2.75) is 57.4 Å². The summed E-state index contributed by atoms with van der Waals surface area (Å²) in [6.45, 7) is 0. The Morgan fingerprint density at radius 2 is 1.94 bits per heavy atom. The predicted molar refractivity (Wildman–Crippen MR) is 69.3 cm³/mol. The molecule has 0 aliphatic heterocycles. The maximum Gasteiger partial charge on any atom is 0.220 e. The minimum atomic E-state index is 0.00234. The summed E-state index contributed by atoms with van der Waals surface area (Å²) in [5.41, 5.74) is 5.66. The number of amides is 1. The molecule has 0 bridgehead atoms. The summed E-state index contributed by atoms with van der Waals surface area (Å²) in [5.74, 6) is 0.944. The fourth-order valence-corrected chi connectivity index (χ4v) is 3.30. The molecule has 0 spiro atoms. The van der Waals surface area contributed by atoms with E-state index >= 15 is 0 Å². The van der Waals surface area contributed by atoms with E-state index in [2.05, 4.69) is 10.5 Å². The second-order valence-electron chi connectivity index (χ2n) is 5.59. The van der Waals surface area contributed by atoms with E-state index in [1.54, 1.807) is 0 Å². The van der Waals surface area contributed by atoms with E-state index in [0.717, 1.165) is 19.3 Å². The van der Waals surface area contributed by atoms with E-state index in [1.165, 1.54) is 25.7 Å². The van der Waals surface area contributed by atoms with Crippen molar-refractivity contribution in [1.29, 1.82) is 0 Å². The van der Waals surface area contributed by atoms with Gasteiger partial charge in [0.2, 0.25) is 5.91 Å². The van der Waals surface area contributed by atoms with E-state index in [9.17, 15) is 4.79 Å². The molecule has 4 N–H and O–H groups in total. The fraction of sp³-hybridized carbons (Fsp3) is 0.846. The van der Waals surface area contributed by atoms with Gasteiger partial charge in [0, 0.05) is 18.4 Å². The lowest BCUT2D eigenvalue weighted by Gasteiger charge is -2.20. The number of hydrogen-bond donors (Lipinski definition) is 3. The third-order valence-corrected chi connectivity index (χ3v) is 4.31. The summed E-state index contributed by atoms with van der Waals surface area (Å²) < 4.78 is 0. The number of carbonyl (C=O) groups is 1. The molecule has 0 heterocycles. The zero-order valence-electron chi connectivity index (χ0n) is 10.8. The number of carbonyl (C=O) groups excluding carboxylic acids is 1. The average molecular weight is 253 g/mol. The Morgan fingerprint density at radius 1 is 1.22 bits per heavy atom. The minimum Gasteiger partial charge on any atom is -0.409 e. The van der Waals surface area contributed by atoms with Gasteiger partial charge in [-0.15, -0.1) is 0 Å². The Hall–Kier alpha value is -1.26. The van der Waals surface area contributed by atoms with E-state index in [-0.39, 0.29) is 23.7 Å². The summed E-state index contributed by atoms with van der Waals surface area (Å²) in [6.07, 6.45) is 8.36. The molecule has 2 atom stereocenters. The number of amidine groups is 1. The number of oxime groups is 1. The molecule has 0 aromatic rings. The topological polar surface area (TPSA) is 87.7 Å². The maximum atomic E-state index is 12.0. The van der Waals surface area contributed by atoms with Gasteiger partial charge in [-0.3, -0.25) is 4.79 Å². The molecular weight excluding hydrogens is 230 g/mol. The van der Waals surface area contributed by atoms with Crippen LogP contribution in [0.25, 0.3) is 0 Å². The second kappa shape index (κ2) is 6.07. The SMILES string of the molecule is NC(=NO)C1CCCC1NC(=O)CC1CCCC1. The first-order valence-corrected chi connectivity index (χ1v) is 6.97. The molecule has 2 fully saturated rings. The Morgan fingerprint density at radius 3 is 2.61 bits per heavy atom. The lowest BCUT2D eigenvalue weighted by atomic mass is 10.0. The number of nitrogens with zero attached hydrogens (tertiary/aromatic N) is 1. The van der Waals surface area contributed by atoms with Crippen LogP contribution in [0.2, 0.25) is 0 Å². The first-order valence-electron chi connectivity index (χ1n) is 6.97. The molecule has 102 valence electrons. The van der Waals surface area contributed by atoms with Crippen LogP contribution < -0.4 is 11.1 Å². The van der Waals surface area contributed by atoms with Gasteiger partial charge in [0.05, 0.1) is 0 Å². The molecule has 5 heteroatoms. The van der Waals surface area contributed by atoms with Crippen molar-refractivity contribution in [3.8, 4) is 0 Å². The normalized spacial score (nSPS) is 29.7. The zero-order chi connectivity index (χ0) is 13.0. The quantitative estimate of drug-likeness (QED) is 0.308. The number of rotatable bonds is 4. The fourth-order valence-electron chi connectivity index (χ4n) is 3.30. The highest BCUT2D eigenvalue weighted by atomic mass is 16.4. The van der Waals surface area contributed by atoms with E-state index in [4.69, 9.17) is 10.9 Å². The molecule has 1 amide bonds. The number of hydrogen-bond acceptors (Lipinski definition) is 3. The first kappa shape index (κ1) is 13.2. The van der Waals surface area contributed by atoms with Crippen molar-refractivity contribution in [2.75, 3.05) is 0 Å². The van der Waals surface area contributed by atoms with Crippen molar-refractivity contribution in [1.82, 2.24) is 5.32 Å². The average Bonchev–Trinajstić information content (AvgIpc) is 2.99. The summed E-state index contributed by atoms with van der Waals surface area (Å²) >= 11 is 0. The highest BCUT2D eigenvalue weighted by molar-refractivity contribution is 5.84. The second-order valence-corrected chi connectivity index (χ2v) is 5.59. The van der Waals surface area contributed by atoms with Gasteiger partial charge in [-0.05, 0) is 31.6 Å². The maximum absolute atomic E-state index is 12.0. The summed E-state index contributed by atoms with van der Waals surface area (Å²) in [6, 6.07) is 0.0507. The molecule has 0 aromatic carbocycles. The van der Waals surface area contributed by atoms with Crippen LogP contribution in [0.3, 0.4) is 0 Å². The minimum absolute atomic E-state index is 0.00234. The largest absolute Gasteiger partial charge is 0.409 e. The number of nitrogens with two attached hydrogens (primary N) is 1. The van der Waals surface area contributed by atoms with Gasteiger partial charge in [0.25, 0.3) is 0 Å². The van der Waals surface area contributed by atoms with Gasteiger partial charge in [-0.2, -0.15) is 0 Å². The third kappa shape index (κ3) is 3.15. The van der Waals surface area contributed by atoms with Gasteiger partial charge in [-0.1, -0.05) is 24.4 Å². The van der Waals surface area contributed by atoms with E-state index < -0.39 is 0 Å². The van der Waals surface area contributed by atoms with Crippen molar-refractivity contribution in [3.05, 3.63) is 0 Å². The lowest BCUT2D eigenvalue weighted by molar-refractivity contribution is -0.122. The van der Waals surface area contributed by atoms with Crippen LogP contribution in [0.15, 0.2) is 5.16 Å². The van der Waals surface area contributed by atoms with Gasteiger partial charge >= 0.3 is 0 Å². The Labute approximate surface area is 108 Å². The highest BCUT2D eigenvalue weighted by Gasteiger charge is 2.32. The standard InChI is InChI=1S/C13H23N3O2/c14-13(16-18)10-6-3-7-11(10)15-12(17)8-9-4-1-2-5-9/h9-11,18H,1-8H2,(H2,14,16)(H,15,17). The Kier molecular flexibility index (Phi) is 4.44. The first-order chi connectivity index (χ1) is 8.70. The molecule has 2 unspecified atom stereocenters. The molecule has 2 saturated carbocycles. The van der Waals surface area contributed by atoms with Crippen molar-refractivity contribution >= 4 is 11.7 Å². The van der Waals surface area contributed by atoms with Crippen LogP contribution in [0.5, 0.6) is 0 Å². The molecule has 0 aromatic heterocycles. The molecule has 2 rings (SSSR count). The van der Waals surface area contributed by atoms with Crippen LogP contribution in [-0.4, -0.2) is 23.0 Å². The molecule has 0 saturated heterocycles. The summed E-state index contributed by atoms with van der Waals surface area (Å²) in [5, 5.41) is 14.9. The smallest absolute Gasteiger partial charge is 0.220 e. The molecule has 18 heavy (non-hydrogen) atoms. The molecule has 2 aliphatic rings. The van der Waals surface area contributed by atoms with Gasteiger partial charge < -0.3 is 16.3 Å². The molecular formula is C13H23N3O2. The van der Waals surface area contributed by atoms with Gasteiger partial charge in [0.15, 0.2) is 0 Å². The molecule has 5 nitrogen and oxygen atoms in total. The molecule has 2 aliphatic carbocycles. The van der Waals surface area contributed by atoms with Crippen molar-refractivity contribution in [3.63, 3.8) is 0 Å². The van der Waals surface area contributed by atoms with E-state index in [1.807, 2.05) is 0 Å². The van der Waals surface area contributed by atoms with Crippen LogP contribution in [0.1, 0.15) is 51.4 Å². The predicted octanol–water partition coefficient (Wildman–Crippen LogP) is 1.60. The van der Waals surface area contributed by atoms with Crippen LogP contribution in [-0.2, 0) is 4.79 Å². The monoisotopic (exact) mass is 253 g/mol. The Bertz CT molecular complexity index is 324. The Balaban J connectivity index is 1.82. The molecule has 0 radical (unpaired) electrons. The van der Waals surface area contributed by atoms with Gasteiger partial charge in [-0.25, -0.2) is 0 Å². The van der Waals surface area contributed by atoms with Crippen molar-refractivity contribution in [2.24, 2.45) is 22.7 Å². The van der Waals surface area contributed by atoms with Crippen molar-refractivity contribution < 1.29 is 10.0 Å². The summed E-state index contributed by atoms with van der Waals surface area (Å²) in [7, 11) is 0. The zero-order valence-corrected chi connectivity index (χ0v) is 10.8. The van der Waals surface area contributed by atoms with Crippen LogP contribution in [0.4, 0.5) is 0 Å². The van der Waals surface area contributed by atoms with Crippen LogP contribution in [0, 0.1) is 11.8 Å². The number of nitrogens with one attached hydrogen (secondary N) is 1. The van der Waals surface area contributed by atoms with Crippen LogP contribution >= 0.6 is 0 Å². The highest BCUT2D eigenvalue weighted by Crippen LogP contribution is 2.29. The van der Waals surface area contributed by atoms with E-state index in [0.29, 0.717) is 12.3 Å². The lowest BCUT2D eigenvalue weighted by Crippen LogP contribution is -2.42. The third-order valence-electron chi connectivity index (χ3n) is 4.31.